The molecule has 9 nitrogen and oxygen atoms in total. The van der Waals surface area contributed by atoms with Crippen LogP contribution in [-0.2, 0) is 26.2 Å². The highest BCUT2D eigenvalue weighted by molar-refractivity contribution is 7.92. The van der Waals surface area contributed by atoms with Crippen LogP contribution in [0.4, 0.5) is 5.69 Å². The second kappa shape index (κ2) is 12.8. The van der Waals surface area contributed by atoms with Gasteiger partial charge in [0.1, 0.15) is 24.1 Å². The SMILES string of the molecule is CCC(C)NC(=O)C(C)N(Cc1cccc(OC)c1)C(=O)CN(c1ccc(OC)c(Cl)c1)S(C)(=O)=O. The normalized spacial score (nSPS) is 12.9. The van der Waals surface area contributed by atoms with E-state index in [4.69, 9.17) is 21.1 Å². The van der Waals surface area contributed by atoms with Gasteiger partial charge in [-0.2, -0.15) is 0 Å². The van der Waals surface area contributed by atoms with Gasteiger partial charge in [0.15, 0.2) is 0 Å². The first-order valence-corrected chi connectivity index (χ1v) is 13.7. The van der Waals surface area contributed by atoms with Gasteiger partial charge in [-0.05, 0) is 56.2 Å². The number of methoxy groups -OCH3 is 2. The molecule has 0 aliphatic rings. The third-order valence-corrected chi connectivity index (χ3v) is 7.19. The molecule has 0 fully saturated rings. The van der Waals surface area contributed by atoms with Gasteiger partial charge in [0, 0.05) is 12.6 Å². The molecule has 2 amide bonds. The Labute approximate surface area is 218 Å². The molecule has 0 heterocycles. The summed E-state index contributed by atoms with van der Waals surface area (Å²) in [5.41, 5.74) is 0.930. The number of ether oxygens (including phenoxy) is 2. The van der Waals surface area contributed by atoms with E-state index in [1.54, 1.807) is 31.2 Å². The van der Waals surface area contributed by atoms with Crippen molar-refractivity contribution in [2.45, 2.75) is 45.8 Å². The summed E-state index contributed by atoms with van der Waals surface area (Å²) in [7, 11) is -0.888. The number of amides is 2. The van der Waals surface area contributed by atoms with Gasteiger partial charge in [-0.3, -0.25) is 13.9 Å². The molecule has 2 unspecified atom stereocenters. The van der Waals surface area contributed by atoms with Crippen LogP contribution in [0.5, 0.6) is 11.5 Å². The number of hydrogen-bond donors (Lipinski definition) is 1. The molecule has 0 spiro atoms. The molecule has 0 saturated carbocycles. The highest BCUT2D eigenvalue weighted by Gasteiger charge is 2.30. The number of nitrogens with one attached hydrogen (secondary N) is 1. The van der Waals surface area contributed by atoms with Crippen molar-refractivity contribution < 1.29 is 27.5 Å². The Bertz CT molecular complexity index is 1170. The Morgan fingerprint density at radius 3 is 2.33 bits per heavy atom. The molecule has 36 heavy (non-hydrogen) atoms. The van der Waals surface area contributed by atoms with Gasteiger partial charge in [-0.25, -0.2) is 8.42 Å². The highest BCUT2D eigenvalue weighted by atomic mass is 35.5. The minimum Gasteiger partial charge on any atom is -0.497 e. The number of rotatable bonds is 12. The zero-order chi connectivity index (χ0) is 27.0. The second-order valence-electron chi connectivity index (χ2n) is 8.46. The summed E-state index contributed by atoms with van der Waals surface area (Å²) in [5, 5.41) is 3.09. The Hall–Kier alpha value is -2.98. The molecule has 1 N–H and O–H groups in total. The van der Waals surface area contributed by atoms with E-state index in [-0.39, 0.29) is 29.2 Å². The van der Waals surface area contributed by atoms with Crippen LogP contribution in [-0.4, -0.2) is 64.2 Å². The predicted molar refractivity (Wildman–Crippen MR) is 141 cm³/mol. The van der Waals surface area contributed by atoms with Crippen LogP contribution in [0.2, 0.25) is 5.02 Å². The van der Waals surface area contributed by atoms with E-state index < -0.39 is 28.5 Å². The first kappa shape index (κ1) is 29.3. The molecule has 0 radical (unpaired) electrons. The van der Waals surface area contributed by atoms with Crippen LogP contribution in [0.15, 0.2) is 42.5 Å². The van der Waals surface area contributed by atoms with Crippen molar-refractivity contribution in [3.8, 4) is 11.5 Å². The summed E-state index contributed by atoms with van der Waals surface area (Å²) in [5.74, 6) is 0.0819. The van der Waals surface area contributed by atoms with E-state index in [1.165, 1.54) is 37.3 Å². The molecule has 2 atom stereocenters. The van der Waals surface area contributed by atoms with Gasteiger partial charge in [0.2, 0.25) is 21.8 Å². The molecule has 2 aromatic carbocycles. The molecule has 11 heteroatoms. The monoisotopic (exact) mass is 539 g/mol. The van der Waals surface area contributed by atoms with Crippen molar-refractivity contribution in [1.29, 1.82) is 0 Å². The Morgan fingerprint density at radius 2 is 1.78 bits per heavy atom. The van der Waals surface area contributed by atoms with Crippen LogP contribution in [0.25, 0.3) is 0 Å². The zero-order valence-corrected chi connectivity index (χ0v) is 23.0. The average molecular weight is 540 g/mol. The Balaban J connectivity index is 2.43. The van der Waals surface area contributed by atoms with E-state index in [2.05, 4.69) is 5.32 Å². The van der Waals surface area contributed by atoms with Gasteiger partial charge in [-0.1, -0.05) is 30.7 Å². The molecule has 198 valence electrons. The van der Waals surface area contributed by atoms with Crippen molar-refractivity contribution in [3.63, 3.8) is 0 Å². The summed E-state index contributed by atoms with van der Waals surface area (Å²) >= 11 is 6.21. The lowest BCUT2D eigenvalue weighted by Crippen LogP contribution is -2.52. The summed E-state index contributed by atoms with van der Waals surface area (Å²) in [6.07, 6.45) is 1.73. The van der Waals surface area contributed by atoms with Crippen molar-refractivity contribution in [3.05, 3.63) is 53.1 Å². The molecule has 2 rings (SSSR count). The van der Waals surface area contributed by atoms with Crippen molar-refractivity contribution in [2.24, 2.45) is 0 Å². The van der Waals surface area contributed by atoms with Gasteiger partial charge < -0.3 is 19.7 Å². The number of nitrogens with zero attached hydrogens (tertiary/aromatic N) is 2. The molecule has 0 bridgehead atoms. The third-order valence-electron chi connectivity index (χ3n) is 5.76. The second-order valence-corrected chi connectivity index (χ2v) is 10.8. The maximum absolute atomic E-state index is 13.6. The molecular formula is C25H34ClN3O6S. The molecular weight excluding hydrogens is 506 g/mol. The smallest absolute Gasteiger partial charge is 0.244 e. The van der Waals surface area contributed by atoms with E-state index >= 15 is 0 Å². The number of sulfonamides is 1. The fraction of sp³-hybridized carbons (Fsp3) is 0.440. The number of hydrogen-bond acceptors (Lipinski definition) is 6. The number of benzene rings is 2. The predicted octanol–water partition coefficient (Wildman–Crippen LogP) is 3.46. The van der Waals surface area contributed by atoms with Gasteiger partial charge in [0.05, 0.1) is 31.2 Å². The highest BCUT2D eigenvalue weighted by Crippen LogP contribution is 2.30. The summed E-state index contributed by atoms with van der Waals surface area (Å²) in [6.45, 7) is 4.99. The molecule has 0 aliphatic heterocycles. The quantitative estimate of drug-likeness (QED) is 0.443. The standard InChI is InChI=1S/C25H34ClN3O6S/c1-7-17(2)27-25(31)18(3)28(15-19-9-8-10-21(13-19)34-4)24(30)16-29(36(6,32)33)20-11-12-23(35-5)22(26)14-20/h8-14,17-18H,7,15-16H2,1-6H3,(H,27,31). The van der Waals surface area contributed by atoms with Crippen LogP contribution in [0, 0.1) is 0 Å². The van der Waals surface area contributed by atoms with Crippen molar-refractivity contribution >= 4 is 39.1 Å². The average Bonchev–Trinajstić information content (AvgIpc) is 2.84. The summed E-state index contributed by atoms with van der Waals surface area (Å²) in [6, 6.07) is 10.6. The van der Waals surface area contributed by atoms with Gasteiger partial charge in [0.25, 0.3) is 0 Å². The first-order valence-electron chi connectivity index (χ1n) is 11.4. The maximum atomic E-state index is 13.6. The van der Waals surface area contributed by atoms with Crippen molar-refractivity contribution in [1.82, 2.24) is 10.2 Å². The van der Waals surface area contributed by atoms with Crippen LogP contribution < -0.4 is 19.1 Å². The van der Waals surface area contributed by atoms with Crippen molar-refractivity contribution in [2.75, 3.05) is 31.3 Å². The minimum absolute atomic E-state index is 0.0755. The molecule has 0 saturated heterocycles. The van der Waals surface area contributed by atoms with E-state index in [1.807, 2.05) is 13.8 Å². The van der Waals surface area contributed by atoms with E-state index in [0.29, 0.717) is 11.5 Å². The Morgan fingerprint density at radius 1 is 1.08 bits per heavy atom. The van der Waals surface area contributed by atoms with Gasteiger partial charge >= 0.3 is 0 Å². The van der Waals surface area contributed by atoms with Crippen LogP contribution >= 0.6 is 11.6 Å². The third kappa shape index (κ3) is 7.76. The number of anilines is 1. The summed E-state index contributed by atoms with van der Waals surface area (Å²) < 4.78 is 36.7. The maximum Gasteiger partial charge on any atom is 0.244 e. The zero-order valence-electron chi connectivity index (χ0n) is 21.4. The lowest BCUT2D eigenvalue weighted by atomic mass is 10.1. The fourth-order valence-corrected chi connectivity index (χ4v) is 4.53. The van der Waals surface area contributed by atoms with Gasteiger partial charge in [-0.15, -0.1) is 0 Å². The summed E-state index contributed by atoms with van der Waals surface area (Å²) in [4.78, 5) is 27.9. The Kier molecular flexibility index (Phi) is 10.4. The number of carbonyl (C=O) groups is 2. The lowest BCUT2D eigenvalue weighted by Gasteiger charge is -2.32. The first-order chi connectivity index (χ1) is 16.9. The van der Waals surface area contributed by atoms with Crippen LogP contribution in [0.3, 0.4) is 0 Å². The van der Waals surface area contributed by atoms with E-state index in [0.717, 1.165) is 22.5 Å². The lowest BCUT2D eigenvalue weighted by molar-refractivity contribution is -0.139. The fourth-order valence-electron chi connectivity index (χ4n) is 3.44. The minimum atomic E-state index is -3.87. The van der Waals surface area contributed by atoms with E-state index in [9.17, 15) is 18.0 Å². The number of halogens is 1. The topological polar surface area (TPSA) is 105 Å². The van der Waals surface area contributed by atoms with Crippen LogP contribution in [0.1, 0.15) is 32.8 Å². The molecule has 0 aromatic heterocycles. The largest absolute Gasteiger partial charge is 0.497 e. The molecule has 2 aromatic rings. The molecule has 0 aliphatic carbocycles. The number of carbonyl (C=O) groups excluding carboxylic acids is 2.